The molecule has 1 spiro atoms. The summed E-state index contributed by atoms with van der Waals surface area (Å²) in [4.78, 5) is 46.4. The number of hydrogen-bond donors (Lipinski definition) is 4. The molecule has 2 amide bonds. The van der Waals surface area contributed by atoms with Crippen molar-refractivity contribution in [2.75, 3.05) is 31.7 Å². The van der Waals surface area contributed by atoms with E-state index in [4.69, 9.17) is 9.47 Å². The van der Waals surface area contributed by atoms with E-state index >= 15 is 4.79 Å². The average Bonchev–Trinajstić information content (AvgIpc) is 3.65. The number of carbonyl (C=O) groups is 3. The molecule has 10 heteroatoms. The molecule has 2 fully saturated rings. The van der Waals surface area contributed by atoms with Gasteiger partial charge in [-0.05, 0) is 52.6 Å². The summed E-state index contributed by atoms with van der Waals surface area (Å²) >= 11 is 0. The van der Waals surface area contributed by atoms with Crippen molar-refractivity contribution in [1.29, 1.82) is 0 Å². The maximum Gasteiger partial charge on any atom is 0.324 e. The first-order valence-corrected chi connectivity index (χ1v) is 17.3. The van der Waals surface area contributed by atoms with Crippen molar-refractivity contribution in [1.82, 2.24) is 10.2 Å². The number of nitrogens with zero attached hydrogens (tertiary/aromatic N) is 1. The second-order valence-electron chi connectivity index (χ2n) is 12.9. The van der Waals surface area contributed by atoms with Gasteiger partial charge in [-0.15, -0.1) is 6.58 Å². The first kappa shape index (κ1) is 34.7. The molecule has 4 aromatic carbocycles. The molecule has 264 valence electrons. The molecule has 4 aromatic rings. The van der Waals surface area contributed by atoms with Crippen LogP contribution < -0.4 is 15.4 Å². The summed E-state index contributed by atoms with van der Waals surface area (Å²) in [6.45, 7) is 3.73. The predicted molar refractivity (Wildman–Crippen MR) is 194 cm³/mol. The number of fused-ring (bicyclic) bond motifs is 3. The topological polar surface area (TPSA) is 137 Å². The molecule has 0 unspecified atom stereocenters. The monoisotopic (exact) mass is 697 g/mol. The molecular formula is C42H39N3O7. The summed E-state index contributed by atoms with van der Waals surface area (Å²) in [5.74, 6) is 3.76. The molecule has 0 radical (unpaired) electrons. The second-order valence-corrected chi connectivity index (χ2v) is 12.9. The van der Waals surface area contributed by atoms with Gasteiger partial charge in [0.15, 0.2) is 0 Å². The first-order chi connectivity index (χ1) is 25.4. The third kappa shape index (κ3) is 5.93. The van der Waals surface area contributed by atoms with E-state index in [0.29, 0.717) is 28.1 Å². The number of nitrogens with one attached hydrogen (secondary N) is 2. The molecule has 2 saturated heterocycles. The smallest absolute Gasteiger partial charge is 0.324 e. The molecule has 3 aliphatic rings. The molecule has 10 nitrogen and oxygen atoms in total. The second kappa shape index (κ2) is 14.9. The molecule has 4 N–H and O–H groups in total. The zero-order valence-corrected chi connectivity index (χ0v) is 28.4. The van der Waals surface area contributed by atoms with Crippen molar-refractivity contribution < 1.29 is 34.1 Å². The lowest BCUT2D eigenvalue weighted by molar-refractivity contribution is -0.178. The lowest BCUT2D eigenvalue weighted by atomic mass is 9.65. The number of ether oxygens (including phenoxy) is 2. The van der Waals surface area contributed by atoms with E-state index in [0.717, 1.165) is 11.1 Å². The highest BCUT2D eigenvalue weighted by Gasteiger charge is 2.74. The van der Waals surface area contributed by atoms with E-state index < -0.39 is 53.3 Å². The zero-order valence-electron chi connectivity index (χ0n) is 28.4. The predicted octanol–water partition coefficient (Wildman–Crippen LogP) is 4.36. The summed E-state index contributed by atoms with van der Waals surface area (Å²) < 4.78 is 12.1. The largest absolute Gasteiger partial charge is 0.491 e. The highest BCUT2D eigenvalue weighted by atomic mass is 16.6. The SMILES string of the molecule is C=CCNC(=O)[C@@H]1[C@H]2C(=O)O[C@H](c3ccccc3)[C@H](c3ccccc3)N2[C@H](c2ccc(OCCO)cc2)[C@@]12C(=O)Nc1ccc(C#CCCO)cc12. The first-order valence-electron chi connectivity index (χ1n) is 17.3. The van der Waals surface area contributed by atoms with Crippen molar-refractivity contribution in [3.8, 4) is 17.6 Å². The number of hydrogen-bond acceptors (Lipinski definition) is 8. The summed E-state index contributed by atoms with van der Waals surface area (Å²) in [5, 5.41) is 24.7. The van der Waals surface area contributed by atoms with Crippen molar-refractivity contribution >= 4 is 23.5 Å². The molecule has 7 rings (SSSR count). The minimum atomic E-state index is -1.65. The fourth-order valence-corrected chi connectivity index (χ4v) is 8.08. The van der Waals surface area contributed by atoms with Crippen LogP contribution in [0.25, 0.3) is 0 Å². The van der Waals surface area contributed by atoms with Crippen molar-refractivity contribution in [3.05, 3.63) is 144 Å². The number of aliphatic hydroxyl groups excluding tert-OH is 2. The van der Waals surface area contributed by atoms with Crippen molar-refractivity contribution in [3.63, 3.8) is 0 Å². The van der Waals surface area contributed by atoms with Gasteiger partial charge < -0.3 is 30.3 Å². The number of amides is 2. The molecule has 6 atom stereocenters. The minimum Gasteiger partial charge on any atom is -0.491 e. The number of rotatable bonds is 10. The minimum absolute atomic E-state index is 0.100. The van der Waals surface area contributed by atoms with Crippen LogP contribution in [-0.2, 0) is 24.5 Å². The van der Waals surface area contributed by atoms with Gasteiger partial charge in [-0.2, -0.15) is 0 Å². The highest BCUT2D eigenvalue weighted by molar-refractivity contribution is 6.12. The Kier molecular flexibility index (Phi) is 9.92. The fourth-order valence-electron chi connectivity index (χ4n) is 8.08. The normalized spacial score (nSPS) is 24.5. The van der Waals surface area contributed by atoms with Crippen LogP contribution in [0, 0.1) is 17.8 Å². The third-order valence-electron chi connectivity index (χ3n) is 10.0. The Bertz CT molecular complexity index is 2030. The van der Waals surface area contributed by atoms with Crippen molar-refractivity contribution in [2.24, 2.45) is 5.92 Å². The average molecular weight is 698 g/mol. The Balaban J connectivity index is 1.54. The van der Waals surface area contributed by atoms with E-state index in [1.165, 1.54) is 0 Å². The number of carbonyl (C=O) groups excluding carboxylic acids is 3. The van der Waals surface area contributed by atoms with Crippen LogP contribution in [0.4, 0.5) is 5.69 Å². The van der Waals surface area contributed by atoms with Crippen molar-refractivity contribution in [2.45, 2.75) is 36.1 Å². The van der Waals surface area contributed by atoms with Crippen LogP contribution in [0.2, 0.25) is 0 Å². The summed E-state index contributed by atoms with van der Waals surface area (Å²) in [5.41, 5.74) is 2.26. The molecule has 0 bridgehead atoms. The van der Waals surface area contributed by atoms with Crippen LogP contribution in [0.3, 0.4) is 0 Å². The number of anilines is 1. The fraction of sp³-hybridized carbons (Fsp3) is 0.262. The van der Waals surface area contributed by atoms with Gasteiger partial charge >= 0.3 is 5.97 Å². The molecule has 3 aliphatic heterocycles. The van der Waals surface area contributed by atoms with E-state index in [2.05, 4.69) is 29.1 Å². The molecule has 3 heterocycles. The van der Waals surface area contributed by atoms with E-state index in [1.54, 1.807) is 30.3 Å². The Morgan fingerprint density at radius 3 is 2.31 bits per heavy atom. The summed E-state index contributed by atoms with van der Waals surface area (Å²) in [6.07, 6.45) is 1.03. The summed E-state index contributed by atoms with van der Waals surface area (Å²) in [6, 6.07) is 29.0. The van der Waals surface area contributed by atoms with Gasteiger partial charge in [0.25, 0.3) is 0 Å². The van der Waals surface area contributed by atoms with Gasteiger partial charge in [0.1, 0.15) is 29.9 Å². The number of benzene rings is 4. The third-order valence-corrected chi connectivity index (χ3v) is 10.0. The Hall–Kier alpha value is -5.73. The number of esters is 1. The Labute approximate surface area is 302 Å². The maximum atomic E-state index is 15.0. The van der Waals surface area contributed by atoms with E-state index in [1.807, 2.05) is 83.8 Å². The van der Waals surface area contributed by atoms with Gasteiger partial charge in [-0.3, -0.25) is 19.3 Å². The van der Waals surface area contributed by atoms with Gasteiger partial charge in [0, 0.05) is 24.2 Å². The number of morpholine rings is 1. The van der Waals surface area contributed by atoms with Crippen LogP contribution >= 0.6 is 0 Å². The number of aliphatic hydroxyl groups is 2. The lowest BCUT2D eigenvalue weighted by Crippen LogP contribution is -2.54. The maximum absolute atomic E-state index is 15.0. The van der Waals surface area contributed by atoms with Gasteiger partial charge in [-0.1, -0.05) is 90.7 Å². The van der Waals surface area contributed by atoms with Gasteiger partial charge in [-0.25, -0.2) is 0 Å². The molecule has 0 aromatic heterocycles. The molecule has 0 saturated carbocycles. The quantitative estimate of drug-likeness (QED) is 0.109. The lowest BCUT2D eigenvalue weighted by Gasteiger charge is -2.46. The van der Waals surface area contributed by atoms with Crippen LogP contribution in [0.15, 0.2) is 116 Å². The van der Waals surface area contributed by atoms with Crippen LogP contribution in [-0.4, -0.2) is 65.3 Å². The molecular weight excluding hydrogens is 658 g/mol. The molecule has 0 aliphatic carbocycles. The van der Waals surface area contributed by atoms with E-state index in [-0.39, 0.29) is 32.8 Å². The van der Waals surface area contributed by atoms with E-state index in [9.17, 15) is 19.8 Å². The van der Waals surface area contributed by atoms with Crippen LogP contribution in [0.1, 0.15) is 52.4 Å². The zero-order chi connectivity index (χ0) is 36.2. The highest BCUT2D eigenvalue weighted by Crippen LogP contribution is 2.64. The number of cyclic esters (lactones) is 1. The van der Waals surface area contributed by atoms with Gasteiger partial charge in [0.2, 0.25) is 11.8 Å². The van der Waals surface area contributed by atoms with Crippen LogP contribution in [0.5, 0.6) is 5.75 Å². The Morgan fingerprint density at radius 1 is 0.923 bits per heavy atom. The Morgan fingerprint density at radius 2 is 1.63 bits per heavy atom. The standard InChI is InChI=1S/C42H39N3O7/c1-2-22-43-39(48)34-36-40(49)52-37(29-14-7-4-8-15-29)35(28-12-5-3-6-13-28)45(36)38(30-17-19-31(20-18-30)51-25-24-47)42(34)32-26-27(11-9-10-23-46)16-21-33(32)44-41(42)50/h2-8,12-21,26,34-38,46-47H,1,10,22-25H2,(H,43,48)(H,44,50)/t34-,35-,36-,37+,38+,42-/m0/s1. The molecule has 52 heavy (non-hydrogen) atoms. The summed E-state index contributed by atoms with van der Waals surface area (Å²) in [7, 11) is 0. The van der Waals surface area contributed by atoms with Gasteiger partial charge in [0.05, 0.1) is 31.2 Å².